The van der Waals surface area contributed by atoms with Crippen LogP contribution < -0.4 is 16.6 Å². The van der Waals surface area contributed by atoms with Gasteiger partial charge in [-0.1, -0.05) is 25.1 Å². The molecule has 0 aliphatic rings. The van der Waals surface area contributed by atoms with Crippen molar-refractivity contribution < 1.29 is 14.4 Å². The van der Waals surface area contributed by atoms with Crippen molar-refractivity contribution >= 4 is 17.7 Å². The number of primary amides is 1. The Bertz CT molecular complexity index is 459. The number of amides is 3. The van der Waals surface area contributed by atoms with Gasteiger partial charge in [-0.3, -0.25) is 25.2 Å². The van der Waals surface area contributed by atoms with Crippen molar-refractivity contribution in [3.05, 3.63) is 35.9 Å². The fourth-order valence-electron chi connectivity index (χ4n) is 1.57. The molecular formula is C13H17N3O3. The molecule has 0 unspecified atom stereocenters. The number of hydrazine groups is 1. The smallest absolute Gasteiger partial charge is 0.269 e. The van der Waals surface area contributed by atoms with E-state index >= 15 is 0 Å². The average Bonchev–Trinajstić information content (AvgIpc) is 2.36. The minimum Gasteiger partial charge on any atom is -0.370 e. The molecule has 3 amide bonds. The molecule has 0 saturated carbocycles. The lowest BCUT2D eigenvalue weighted by atomic mass is 10.0. The lowest BCUT2D eigenvalue weighted by Gasteiger charge is -2.10. The van der Waals surface area contributed by atoms with Gasteiger partial charge in [0.1, 0.15) is 0 Å². The first-order valence-electron chi connectivity index (χ1n) is 5.91. The molecule has 0 spiro atoms. The summed E-state index contributed by atoms with van der Waals surface area (Å²) in [5.41, 5.74) is 10.1. The first-order chi connectivity index (χ1) is 8.99. The van der Waals surface area contributed by atoms with Crippen LogP contribution in [-0.2, 0) is 9.59 Å². The van der Waals surface area contributed by atoms with Gasteiger partial charge in [0, 0.05) is 18.4 Å². The number of hydrogen-bond donors (Lipinski definition) is 3. The summed E-state index contributed by atoms with van der Waals surface area (Å²) in [6.07, 6.45) is 0.262. The van der Waals surface area contributed by atoms with Crippen molar-refractivity contribution in [2.75, 3.05) is 0 Å². The molecule has 0 radical (unpaired) electrons. The number of nitrogens with two attached hydrogens (primary N) is 1. The number of hydrogen-bond acceptors (Lipinski definition) is 3. The van der Waals surface area contributed by atoms with Gasteiger partial charge in [0.25, 0.3) is 5.91 Å². The summed E-state index contributed by atoms with van der Waals surface area (Å²) in [4.78, 5) is 33.8. The van der Waals surface area contributed by atoms with Crippen LogP contribution in [0.3, 0.4) is 0 Å². The molecule has 1 atom stereocenters. The van der Waals surface area contributed by atoms with Crippen molar-refractivity contribution in [3.63, 3.8) is 0 Å². The van der Waals surface area contributed by atoms with E-state index in [2.05, 4.69) is 10.9 Å². The van der Waals surface area contributed by atoms with E-state index in [1.54, 1.807) is 37.3 Å². The summed E-state index contributed by atoms with van der Waals surface area (Å²) in [6.45, 7) is 1.74. The zero-order valence-corrected chi connectivity index (χ0v) is 10.7. The molecule has 4 N–H and O–H groups in total. The summed E-state index contributed by atoms with van der Waals surface area (Å²) in [7, 11) is 0. The number of carbonyl (C=O) groups excluding carboxylic acids is 3. The molecule has 0 aliphatic heterocycles. The monoisotopic (exact) mass is 263 g/mol. The highest BCUT2D eigenvalue weighted by atomic mass is 16.2. The second-order valence-electron chi connectivity index (χ2n) is 4.35. The van der Waals surface area contributed by atoms with Crippen LogP contribution in [0.1, 0.15) is 30.1 Å². The third-order valence-electron chi connectivity index (χ3n) is 2.43. The summed E-state index contributed by atoms with van der Waals surface area (Å²) in [5.74, 6) is -1.37. The predicted molar refractivity (Wildman–Crippen MR) is 69.6 cm³/mol. The van der Waals surface area contributed by atoms with Gasteiger partial charge in [-0.2, -0.15) is 0 Å². The van der Waals surface area contributed by atoms with Crippen molar-refractivity contribution in [2.45, 2.75) is 19.8 Å². The zero-order valence-electron chi connectivity index (χ0n) is 10.7. The van der Waals surface area contributed by atoms with Crippen LogP contribution in [0, 0.1) is 5.92 Å². The van der Waals surface area contributed by atoms with E-state index in [9.17, 15) is 14.4 Å². The Labute approximate surface area is 111 Å². The van der Waals surface area contributed by atoms with Gasteiger partial charge >= 0.3 is 0 Å². The molecule has 1 rings (SSSR count). The number of rotatable bonds is 5. The molecule has 0 fully saturated rings. The Hall–Kier alpha value is -2.37. The summed E-state index contributed by atoms with van der Waals surface area (Å²) in [5, 5.41) is 0. The molecule has 0 aliphatic carbocycles. The summed E-state index contributed by atoms with van der Waals surface area (Å²) in [6, 6.07) is 8.52. The fourth-order valence-corrected chi connectivity index (χ4v) is 1.57. The molecule has 1 aromatic carbocycles. The highest BCUT2D eigenvalue weighted by Crippen LogP contribution is 2.05. The highest BCUT2D eigenvalue weighted by molar-refractivity contribution is 5.95. The average molecular weight is 263 g/mol. The van der Waals surface area contributed by atoms with Gasteiger partial charge in [-0.15, -0.1) is 0 Å². The second-order valence-corrected chi connectivity index (χ2v) is 4.35. The van der Waals surface area contributed by atoms with E-state index in [1.165, 1.54) is 0 Å². The third kappa shape index (κ3) is 5.67. The van der Waals surface area contributed by atoms with E-state index in [0.717, 1.165) is 0 Å². The van der Waals surface area contributed by atoms with Crippen LogP contribution in [0.4, 0.5) is 0 Å². The SMILES string of the molecule is C[C@H](CC(N)=O)CC(=O)NNC(=O)c1ccccc1. The Kier molecular flexibility index (Phi) is 5.53. The molecule has 6 nitrogen and oxygen atoms in total. The predicted octanol–water partition coefficient (Wildman–Crippen LogP) is 0.349. The van der Waals surface area contributed by atoms with Crippen LogP contribution in [-0.4, -0.2) is 17.7 Å². The van der Waals surface area contributed by atoms with Crippen molar-refractivity contribution in [3.8, 4) is 0 Å². The maximum absolute atomic E-state index is 11.6. The molecule has 0 aromatic heterocycles. The fraction of sp³-hybridized carbons (Fsp3) is 0.308. The minimum atomic E-state index is -0.450. The molecular weight excluding hydrogens is 246 g/mol. The van der Waals surface area contributed by atoms with Crippen molar-refractivity contribution in [1.29, 1.82) is 0 Å². The van der Waals surface area contributed by atoms with Gasteiger partial charge < -0.3 is 5.73 Å². The maximum Gasteiger partial charge on any atom is 0.269 e. The van der Waals surface area contributed by atoms with Crippen LogP contribution in [0.2, 0.25) is 0 Å². The molecule has 0 bridgehead atoms. The third-order valence-corrected chi connectivity index (χ3v) is 2.43. The van der Waals surface area contributed by atoms with E-state index in [4.69, 9.17) is 5.73 Å². The molecule has 0 saturated heterocycles. The molecule has 0 heterocycles. The molecule has 19 heavy (non-hydrogen) atoms. The van der Waals surface area contributed by atoms with Crippen LogP contribution in [0.25, 0.3) is 0 Å². The van der Waals surface area contributed by atoms with E-state index < -0.39 is 11.8 Å². The number of benzene rings is 1. The van der Waals surface area contributed by atoms with Crippen LogP contribution in [0.5, 0.6) is 0 Å². The minimum absolute atomic E-state index is 0.123. The zero-order chi connectivity index (χ0) is 14.3. The molecule has 6 heteroatoms. The van der Waals surface area contributed by atoms with E-state index in [-0.39, 0.29) is 24.7 Å². The Morgan fingerprint density at radius 3 is 2.32 bits per heavy atom. The lowest BCUT2D eigenvalue weighted by molar-refractivity contribution is -0.123. The first kappa shape index (κ1) is 14.7. The van der Waals surface area contributed by atoms with Crippen molar-refractivity contribution in [2.24, 2.45) is 11.7 Å². The molecule has 1 aromatic rings. The summed E-state index contributed by atoms with van der Waals surface area (Å²) >= 11 is 0. The number of nitrogens with one attached hydrogen (secondary N) is 2. The quantitative estimate of drug-likeness (QED) is 0.668. The van der Waals surface area contributed by atoms with Gasteiger partial charge in [0.2, 0.25) is 11.8 Å². The first-order valence-corrected chi connectivity index (χ1v) is 5.91. The largest absolute Gasteiger partial charge is 0.370 e. The Morgan fingerprint density at radius 1 is 1.11 bits per heavy atom. The van der Waals surface area contributed by atoms with E-state index in [0.29, 0.717) is 5.56 Å². The van der Waals surface area contributed by atoms with E-state index in [1.807, 2.05) is 0 Å². The maximum atomic E-state index is 11.6. The lowest BCUT2D eigenvalue weighted by Crippen LogP contribution is -2.42. The summed E-state index contributed by atoms with van der Waals surface area (Å²) < 4.78 is 0. The van der Waals surface area contributed by atoms with Crippen LogP contribution >= 0.6 is 0 Å². The van der Waals surface area contributed by atoms with Gasteiger partial charge in [0.15, 0.2) is 0 Å². The van der Waals surface area contributed by atoms with Crippen LogP contribution in [0.15, 0.2) is 30.3 Å². The second kappa shape index (κ2) is 7.15. The Balaban J connectivity index is 2.34. The normalized spacial score (nSPS) is 11.4. The standard InChI is InChI=1S/C13H17N3O3/c1-9(7-11(14)17)8-12(18)15-16-13(19)10-5-3-2-4-6-10/h2-6,9H,7-8H2,1H3,(H2,14,17)(H,15,18)(H,16,19)/t9-/m1/s1. The van der Waals surface area contributed by atoms with Gasteiger partial charge in [-0.05, 0) is 18.1 Å². The highest BCUT2D eigenvalue weighted by Gasteiger charge is 2.12. The van der Waals surface area contributed by atoms with Crippen molar-refractivity contribution in [1.82, 2.24) is 10.9 Å². The van der Waals surface area contributed by atoms with Gasteiger partial charge in [-0.25, -0.2) is 0 Å². The Morgan fingerprint density at radius 2 is 1.74 bits per heavy atom. The van der Waals surface area contributed by atoms with Gasteiger partial charge in [0.05, 0.1) is 0 Å². The molecule has 102 valence electrons. The topological polar surface area (TPSA) is 101 Å². The number of carbonyl (C=O) groups is 3.